The zero-order chi connectivity index (χ0) is 10.3. The number of hydrogen-bond acceptors (Lipinski definition) is 2. The minimum atomic E-state index is -0.470. The molecular formula is C10H11N3O. The zero-order valence-electron chi connectivity index (χ0n) is 7.82. The number of primary amides is 1. The Labute approximate surface area is 81.1 Å². The quantitative estimate of drug-likeness (QED) is 0.615. The molecule has 0 saturated heterocycles. The van der Waals surface area contributed by atoms with Crippen molar-refractivity contribution in [3.8, 4) is 0 Å². The average Bonchev–Trinajstić information content (AvgIpc) is 2.39. The molecule has 1 aromatic carbocycles. The Hall–Kier alpha value is -1.97. The SMILES string of the molecule is Cc1cc2cc(N)ccc2n1C(N)=O. The Kier molecular flexibility index (Phi) is 1.70. The van der Waals surface area contributed by atoms with Gasteiger partial charge in [-0.2, -0.15) is 0 Å². The monoisotopic (exact) mass is 189 g/mol. The summed E-state index contributed by atoms with van der Waals surface area (Å²) in [6, 6.07) is 6.78. The summed E-state index contributed by atoms with van der Waals surface area (Å²) in [7, 11) is 0. The second kappa shape index (κ2) is 2.77. The normalized spacial score (nSPS) is 10.6. The van der Waals surface area contributed by atoms with E-state index in [1.807, 2.05) is 19.1 Å². The molecule has 1 aromatic heterocycles. The lowest BCUT2D eigenvalue weighted by atomic mass is 10.2. The van der Waals surface area contributed by atoms with Crippen LogP contribution in [0.3, 0.4) is 0 Å². The van der Waals surface area contributed by atoms with Crippen LogP contribution in [0.1, 0.15) is 5.69 Å². The van der Waals surface area contributed by atoms with Gasteiger partial charge in [0, 0.05) is 16.8 Å². The van der Waals surface area contributed by atoms with E-state index in [-0.39, 0.29) is 0 Å². The molecule has 0 spiro atoms. The number of fused-ring (bicyclic) bond motifs is 1. The predicted molar refractivity (Wildman–Crippen MR) is 56.1 cm³/mol. The van der Waals surface area contributed by atoms with Crippen molar-refractivity contribution in [2.75, 3.05) is 5.73 Å². The smallest absolute Gasteiger partial charge is 0.323 e. The molecule has 0 aliphatic rings. The highest BCUT2D eigenvalue weighted by Gasteiger charge is 2.08. The highest BCUT2D eigenvalue weighted by Crippen LogP contribution is 2.21. The van der Waals surface area contributed by atoms with Crippen LogP contribution in [0.5, 0.6) is 0 Å². The van der Waals surface area contributed by atoms with Gasteiger partial charge in [-0.3, -0.25) is 4.57 Å². The van der Waals surface area contributed by atoms with Crippen LogP contribution >= 0.6 is 0 Å². The summed E-state index contributed by atoms with van der Waals surface area (Å²) in [5, 5.41) is 0.932. The first kappa shape index (κ1) is 8.62. The maximum absolute atomic E-state index is 11.1. The number of benzene rings is 1. The Morgan fingerprint density at radius 3 is 2.71 bits per heavy atom. The van der Waals surface area contributed by atoms with Crippen LogP contribution in [-0.2, 0) is 0 Å². The molecule has 4 heteroatoms. The third-order valence-electron chi connectivity index (χ3n) is 2.23. The first-order valence-corrected chi connectivity index (χ1v) is 4.27. The van der Waals surface area contributed by atoms with Crippen molar-refractivity contribution in [2.24, 2.45) is 5.73 Å². The molecule has 72 valence electrons. The molecule has 0 aliphatic heterocycles. The summed E-state index contributed by atoms with van der Waals surface area (Å²) in [5.41, 5.74) is 13.2. The van der Waals surface area contributed by atoms with Gasteiger partial charge < -0.3 is 11.5 Å². The summed E-state index contributed by atoms with van der Waals surface area (Å²) >= 11 is 0. The van der Waals surface area contributed by atoms with E-state index in [9.17, 15) is 4.79 Å². The number of aromatic nitrogens is 1. The van der Waals surface area contributed by atoms with Crippen molar-refractivity contribution in [2.45, 2.75) is 6.92 Å². The molecule has 0 radical (unpaired) electrons. The van der Waals surface area contributed by atoms with Crippen LogP contribution in [0, 0.1) is 6.92 Å². The summed E-state index contributed by atoms with van der Waals surface area (Å²) in [6.07, 6.45) is 0. The van der Waals surface area contributed by atoms with E-state index in [1.54, 1.807) is 12.1 Å². The number of carbonyl (C=O) groups is 1. The largest absolute Gasteiger partial charge is 0.399 e. The van der Waals surface area contributed by atoms with Gasteiger partial charge in [0.05, 0.1) is 5.52 Å². The highest BCUT2D eigenvalue weighted by molar-refractivity contribution is 5.93. The molecule has 0 unspecified atom stereocenters. The first-order valence-electron chi connectivity index (χ1n) is 4.27. The van der Waals surface area contributed by atoms with E-state index >= 15 is 0 Å². The molecule has 0 saturated carbocycles. The number of nitrogen functional groups attached to an aromatic ring is 1. The number of aryl methyl sites for hydroxylation is 1. The predicted octanol–water partition coefficient (Wildman–Crippen LogP) is 1.46. The molecule has 14 heavy (non-hydrogen) atoms. The zero-order valence-corrected chi connectivity index (χ0v) is 7.82. The fraction of sp³-hybridized carbons (Fsp3) is 0.100. The van der Waals surface area contributed by atoms with Crippen molar-refractivity contribution in [3.05, 3.63) is 30.0 Å². The van der Waals surface area contributed by atoms with Crippen molar-refractivity contribution in [1.29, 1.82) is 0 Å². The topological polar surface area (TPSA) is 74.0 Å². The minimum Gasteiger partial charge on any atom is -0.399 e. The van der Waals surface area contributed by atoms with Crippen LogP contribution in [0.25, 0.3) is 10.9 Å². The van der Waals surface area contributed by atoms with Crippen LogP contribution in [-0.4, -0.2) is 10.6 Å². The number of nitrogens with zero attached hydrogens (tertiary/aromatic N) is 1. The minimum absolute atomic E-state index is 0.470. The molecule has 0 aliphatic carbocycles. The van der Waals surface area contributed by atoms with E-state index in [1.165, 1.54) is 4.57 Å². The Morgan fingerprint density at radius 1 is 1.36 bits per heavy atom. The van der Waals surface area contributed by atoms with Gasteiger partial charge >= 0.3 is 6.03 Å². The van der Waals surface area contributed by atoms with Crippen LogP contribution in [0.4, 0.5) is 10.5 Å². The van der Waals surface area contributed by atoms with Crippen LogP contribution in [0.2, 0.25) is 0 Å². The Morgan fingerprint density at radius 2 is 2.07 bits per heavy atom. The second-order valence-electron chi connectivity index (χ2n) is 3.28. The van der Waals surface area contributed by atoms with E-state index in [0.717, 1.165) is 16.6 Å². The van der Waals surface area contributed by atoms with Gasteiger partial charge in [-0.25, -0.2) is 4.79 Å². The standard InChI is InChI=1S/C10H11N3O/c1-6-4-7-5-8(11)2-3-9(7)13(6)10(12)14/h2-5H,11H2,1H3,(H2,12,14). The molecule has 0 bridgehead atoms. The number of rotatable bonds is 0. The lowest BCUT2D eigenvalue weighted by Crippen LogP contribution is -2.20. The molecule has 1 amide bonds. The van der Waals surface area contributed by atoms with Gasteiger partial charge in [-0.05, 0) is 31.2 Å². The van der Waals surface area contributed by atoms with Gasteiger partial charge in [-0.1, -0.05) is 0 Å². The van der Waals surface area contributed by atoms with Gasteiger partial charge in [0.1, 0.15) is 0 Å². The summed E-state index contributed by atoms with van der Waals surface area (Å²) in [5.74, 6) is 0. The fourth-order valence-corrected chi connectivity index (χ4v) is 1.66. The van der Waals surface area contributed by atoms with E-state index in [2.05, 4.69) is 0 Å². The molecule has 4 N–H and O–H groups in total. The second-order valence-corrected chi connectivity index (χ2v) is 3.28. The van der Waals surface area contributed by atoms with Crippen molar-refractivity contribution in [1.82, 2.24) is 4.57 Å². The van der Waals surface area contributed by atoms with Crippen molar-refractivity contribution >= 4 is 22.6 Å². The molecule has 2 rings (SSSR count). The highest BCUT2D eigenvalue weighted by atomic mass is 16.2. The van der Waals surface area contributed by atoms with E-state index < -0.39 is 6.03 Å². The maximum atomic E-state index is 11.1. The average molecular weight is 189 g/mol. The van der Waals surface area contributed by atoms with Crippen molar-refractivity contribution in [3.63, 3.8) is 0 Å². The fourth-order valence-electron chi connectivity index (χ4n) is 1.66. The number of carbonyl (C=O) groups excluding carboxylic acids is 1. The Bertz CT molecular complexity index is 513. The maximum Gasteiger partial charge on any atom is 0.323 e. The van der Waals surface area contributed by atoms with E-state index in [4.69, 9.17) is 11.5 Å². The summed E-state index contributed by atoms with van der Waals surface area (Å²) < 4.78 is 1.47. The van der Waals surface area contributed by atoms with Gasteiger partial charge in [-0.15, -0.1) is 0 Å². The number of amides is 1. The molecular weight excluding hydrogens is 178 g/mol. The van der Waals surface area contributed by atoms with Gasteiger partial charge in [0.2, 0.25) is 0 Å². The molecule has 0 atom stereocenters. The Balaban J connectivity index is 2.84. The third-order valence-corrected chi connectivity index (χ3v) is 2.23. The summed E-state index contributed by atoms with van der Waals surface area (Å²) in [6.45, 7) is 1.83. The first-order chi connectivity index (χ1) is 6.59. The molecule has 2 aromatic rings. The summed E-state index contributed by atoms with van der Waals surface area (Å²) in [4.78, 5) is 11.1. The van der Waals surface area contributed by atoms with Gasteiger partial charge in [0.15, 0.2) is 0 Å². The van der Waals surface area contributed by atoms with Crippen LogP contribution < -0.4 is 11.5 Å². The van der Waals surface area contributed by atoms with Gasteiger partial charge in [0.25, 0.3) is 0 Å². The van der Waals surface area contributed by atoms with Crippen molar-refractivity contribution < 1.29 is 4.79 Å². The van der Waals surface area contributed by atoms with E-state index in [0.29, 0.717) is 5.69 Å². The molecule has 0 fully saturated rings. The van der Waals surface area contributed by atoms with Crippen LogP contribution in [0.15, 0.2) is 24.3 Å². The number of anilines is 1. The molecule has 4 nitrogen and oxygen atoms in total. The number of hydrogen-bond donors (Lipinski definition) is 2. The third kappa shape index (κ3) is 1.12. The lowest BCUT2D eigenvalue weighted by molar-refractivity contribution is 0.251. The molecule has 1 heterocycles. The lowest BCUT2D eigenvalue weighted by Gasteiger charge is -2.01. The number of nitrogens with two attached hydrogens (primary N) is 2.